The Labute approximate surface area is 122 Å². The lowest BCUT2D eigenvalue weighted by Gasteiger charge is -2.07. The first-order chi connectivity index (χ1) is 9.97. The van der Waals surface area contributed by atoms with Crippen molar-refractivity contribution < 1.29 is 23.8 Å². The highest BCUT2D eigenvalue weighted by Crippen LogP contribution is 2.35. The van der Waals surface area contributed by atoms with E-state index in [2.05, 4.69) is 4.98 Å². The normalized spacial score (nSPS) is 10.7. The maximum absolute atomic E-state index is 11.2. The number of carbonyl (C=O) groups is 1. The lowest BCUT2D eigenvalue weighted by atomic mass is 10.1. The van der Waals surface area contributed by atoms with E-state index >= 15 is 0 Å². The minimum absolute atomic E-state index is 0.0576. The fraction of sp³-hybridized carbons (Fsp3) is 0.333. The van der Waals surface area contributed by atoms with Crippen LogP contribution in [0.15, 0.2) is 22.6 Å². The van der Waals surface area contributed by atoms with E-state index in [0.29, 0.717) is 22.8 Å². The smallest absolute Gasteiger partial charge is 0.373 e. The van der Waals surface area contributed by atoms with Crippen LogP contribution < -0.4 is 9.47 Å². The Balaban J connectivity index is 2.56. The lowest BCUT2D eigenvalue weighted by Crippen LogP contribution is -2.01. The maximum Gasteiger partial charge on any atom is 0.373 e. The molecule has 0 aliphatic carbocycles. The summed E-state index contributed by atoms with van der Waals surface area (Å²) in [5.41, 5.74) is 0.989. The minimum Gasteiger partial charge on any atom is -0.497 e. The molecule has 0 saturated heterocycles. The summed E-state index contributed by atoms with van der Waals surface area (Å²) in [7, 11) is 3.07. The third-order valence-corrected chi connectivity index (χ3v) is 3.03. The molecule has 2 aromatic rings. The van der Waals surface area contributed by atoms with Gasteiger partial charge in [-0.2, -0.15) is 0 Å². The van der Waals surface area contributed by atoms with Crippen LogP contribution in [0.2, 0.25) is 0 Å². The average Bonchev–Trinajstić information content (AvgIpc) is 2.92. The number of benzene rings is 1. The molecule has 0 fully saturated rings. The van der Waals surface area contributed by atoms with Crippen molar-refractivity contribution in [2.45, 2.75) is 19.8 Å². The molecule has 0 saturated carbocycles. The summed E-state index contributed by atoms with van der Waals surface area (Å²) < 4.78 is 15.8. The average molecular weight is 291 g/mol. The van der Waals surface area contributed by atoms with Gasteiger partial charge in [0.2, 0.25) is 11.7 Å². The number of carboxylic acid groups (broad SMARTS) is 1. The quantitative estimate of drug-likeness (QED) is 0.911. The van der Waals surface area contributed by atoms with Gasteiger partial charge < -0.3 is 19.0 Å². The first kappa shape index (κ1) is 14.9. The molecule has 1 aromatic heterocycles. The number of nitrogens with zero attached hydrogens (tertiary/aromatic N) is 1. The molecule has 6 nitrogen and oxygen atoms in total. The molecule has 1 heterocycles. The zero-order valence-corrected chi connectivity index (χ0v) is 12.3. The predicted molar refractivity (Wildman–Crippen MR) is 76.1 cm³/mol. The third-order valence-electron chi connectivity index (χ3n) is 3.03. The van der Waals surface area contributed by atoms with E-state index in [4.69, 9.17) is 13.9 Å². The molecule has 21 heavy (non-hydrogen) atoms. The summed E-state index contributed by atoms with van der Waals surface area (Å²) in [6.45, 7) is 3.72. The third kappa shape index (κ3) is 2.84. The molecule has 0 aliphatic heterocycles. The zero-order chi connectivity index (χ0) is 15.6. The highest BCUT2D eigenvalue weighted by molar-refractivity contribution is 5.86. The van der Waals surface area contributed by atoms with Crippen LogP contribution in [-0.2, 0) is 0 Å². The van der Waals surface area contributed by atoms with Crippen LogP contribution in [-0.4, -0.2) is 30.3 Å². The maximum atomic E-state index is 11.2. The van der Waals surface area contributed by atoms with Crippen molar-refractivity contribution in [1.82, 2.24) is 4.98 Å². The molecular formula is C15H17NO5. The number of hydrogen-bond acceptors (Lipinski definition) is 5. The van der Waals surface area contributed by atoms with E-state index in [1.54, 1.807) is 25.3 Å². The Morgan fingerprint density at radius 2 is 2.00 bits per heavy atom. The molecule has 0 amide bonds. The van der Waals surface area contributed by atoms with Crippen molar-refractivity contribution >= 4 is 5.97 Å². The first-order valence-electron chi connectivity index (χ1n) is 6.44. The summed E-state index contributed by atoms with van der Waals surface area (Å²) >= 11 is 0. The summed E-state index contributed by atoms with van der Waals surface area (Å²) in [5.74, 6) is 0.0174. The minimum atomic E-state index is -1.13. The van der Waals surface area contributed by atoms with Gasteiger partial charge >= 0.3 is 5.97 Å². The van der Waals surface area contributed by atoms with E-state index in [1.807, 2.05) is 13.8 Å². The molecule has 0 radical (unpaired) electrons. The van der Waals surface area contributed by atoms with Crippen molar-refractivity contribution in [2.75, 3.05) is 14.2 Å². The number of rotatable bonds is 5. The number of oxazole rings is 1. The van der Waals surface area contributed by atoms with Crippen molar-refractivity contribution in [3.63, 3.8) is 0 Å². The molecular weight excluding hydrogens is 274 g/mol. The number of aromatic carboxylic acids is 1. The van der Waals surface area contributed by atoms with Gasteiger partial charge in [0.05, 0.1) is 25.5 Å². The van der Waals surface area contributed by atoms with E-state index < -0.39 is 5.97 Å². The van der Waals surface area contributed by atoms with Gasteiger partial charge in [-0.1, -0.05) is 13.8 Å². The van der Waals surface area contributed by atoms with Gasteiger partial charge in [-0.05, 0) is 18.1 Å². The van der Waals surface area contributed by atoms with Gasteiger partial charge in [0.25, 0.3) is 0 Å². The summed E-state index contributed by atoms with van der Waals surface area (Å²) in [5, 5.41) is 9.20. The molecule has 1 aromatic carbocycles. The predicted octanol–water partition coefficient (Wildman–Crippen LogP) is 3.18. The van der Waals surface area contributed by atoms with E-state index in [9.17, 15) is 9.90 Å². The largest absolute Gasteiger partial charge is 0.497 e. The van der Waals surface area contributed by atoms with Gasteiger partial charge in [0, 0.05) is 6.07 Å². The Morgan fingerprint density at radius 3 is 2.48 bits per heavy atom. The van der Waals surface area contributed by atoms with Crippen molar-refractivity contribution in [3.8, 4) is 23.0 Å². The standard InChI is InChI=1S/C15H17NO5/c1-8(2)12-13(15(17)18)21-14(16-12)10-6-5-9(19-3)7-11(10)20-4/h5-8H,1-4H3,(H,17,18). The zero-order valence-electron chi connectivity index (χ0n) is 12.3. The summed E-state index contributed by atoms with van der Waals surface area (Å²) in [4.78, 5) is 15.5. The molecule has 0 unspecified atom stereocenters. The topological polar surface area (TPSA) is 81.8 Å². The molecule has 112 valence electrons. The van der Waals surface area contributed by atoms with Crippen LogP contribution in [0.25, 0.3) is 11.5 Å². The van der Waals surface area contributed by atoms with Crippen LogP contribution >= 0.6 is 0 Å². The van der Waals surface area contributed by atoms with Gasteiger partial charge in [-0.15, -0.1) is 0 Å². The number of ether oxygens (including phenoxy) is 2. The highest BCUT2D eigenvalue weighted by atomic mass is 16.5. The Kier molecular flexibility index (Phi) is 4.16. The Bertz CT molecular complexity index is 660. The fourth-order valence-electron chi connectivity index (χ4n) is 1.97. The lowest BCUT2D eigenvalue weighted by molar-refractivity contribution is 0.0661. The fourth-order valence-corrected chi connectivity index (χ4v) is 1.97. The number of hydrogen-bond donors (Lipinski definition) is 1. The Hall–Kier alpha value is -2.50. The van der Waals surface area contributed by atoms with Crippen LogP contribution in [0.3, 0.4) is 0 Å². The molecule has 0 atom stereocenters. The van der Waals surface area contributed by atoms with Gasteiger partial charge in [0.1, 0.15) is 11.5 Å². The molecule has 0 bridgehead atoms. The highest BCUT2D eigenvalue weighted by Gasteiger charge is 2.24. The van der Waals surface area contributed by atoms with Crippen LogP contribution in [0.4, 0.5) is 0 Å². The molecule has 0 aliphatic rings. The van der Waals surface area contributed by atoms with Gasteiger partial charge in [-0.25, -0.2) is 9.78 Å². The second-order valence-electron chi connectivity index (χ2n) is 4.76. The van der Waals surface area contributed by atoms with Gasteiger partial charge in [0.15, 0.2) is 0 Å². The molecule has 2 rings (SSSR count). The van der Waals surface area contributed by atoms with Crippen LogP contribution in [0.1, 0.15) is 36.0 Å². The number of aromatic nitrogens is 1. The SMILES string of the molecule is COc1ccc(-c2nc(C(C)C)c(C(=O)O)o2)c(OC)c1. The molecule has 6 heteroatoms. The monoisotopic (exact) mass is 291 g/mol. The van der Waals surface area contributed by atoms with Crippen molar-refractivity contribution in [3.05, 3.63) is 29.7 Å². The molecule has 0 spiro atoms. The molecule has 1 N–H and O–H groups in total. The number of methoxy groups -OCH3 is 2. The van der Waals surface area contributed by atoms with Crippen LogP contribution in [0, 0.1) is 0 Å². The summed E-state index contributed by atoms with van der Waals surface area (Å²) in [6, 6.07) is 5.14. The van der Waals surface area contributed by atoms with Crippen molar-refractivity contribution in [1.29, 1.82) is 0 Å². The van der Waals surface area contributed by atoms with Crippen molar-refractivity contribution in [2.24, 2.45) is 0 Å². The second kappa shape index (κ2) is 5.87. The van der Waals surface area contributed by atoms with Crippen LogP contribution in [0.5, 0.6) is 11.5 Å². The van der Waals surface area contributed by atoms with E-state index in [1.165, 1.54) is 7.11 Å². The Morgan fingerprint density at radius 1 is 1.29 bits per heavy atom. The van der Waals surface area contributed by atoms with E-state index in [-0.39, 0.29) is 17.6 Å². The first-order valence-corrected chi connectivity index (χ1v) is 6.44. The second-order valence-corrected chi connectivity index (χ2v) is 4.76. The summed E-state index contributed by atoms with van der Waals surface area (Å²) in [6.07, 6.45) is 0. The van der Waals surface area contributed by atoms with E-state index in [0.717, 1.165) is 0 Å². The van der Waals surface area contributed by atoms with Gasteiger partial charge in [-0.3, -0.25) is 0 Å². The number of carboxylic acids is 1.